The Morgan fingerprint density at radius 2 is 1.29 bits per heavy atom. The minimum atomic E-state index is -1.28. The van der Waals surface area contributed by atoms with Crippen molar-refractivity contribution < 1.29 is 14.7 Å². The van der Waals surface area contributed by atoms with Gasteiger partial charge in [-0.25, -0.2) is 4.79 Å². The van der Waals surface area contributed by atoms with Crippen molar-refractivity contribution in [2.45, 2.75) is 30.8 Å². The largest absolute Gasteiger partial charge is 0.465 e. The molecular formula is C33H33ClN4O3. The second-order valence-electron chi connectivity index (χ2n) is 10.1. The van der Waals surface area contributed by atoms with Crippen LogP contribution in [0.2, 0.25) is 0 Å². The van der Waals surface area contributed by atoms with E-state index in [0.29, 0.717) is 31.5 Å². The molecule has 1 aliphatic rings. The molecule has 1 aliphatic carbocycles. The van der Waals surface area contributed by atoms with Gasteiger partial charge < -0.3 is 15.7 Å². The van der Waals surface area contributed by atoms with Gasteiger partial charge in [0.05, 0.1) is 0 Å². The lowest BCUT2D eigenvalue weighted by atomic mass is 9.88. The summed E-state index contributed by atoms with van der Waals surface area (Å²) in [6.07, 6.45) is -0.0803. The zero-order valence-electron chi connectivity index (χ0n) is 22.5. The zero-order chi connectivity index (χ0) is 28.0. The Kier molecular flexibility index (Phi) is 9.55. The van der Waals surface area contributed by atoms with Gasteiger partial charge in [-0.2, -0.15) is 0 Å². The Bertz CT molecular complexity index is 1430. The highest BCUT2D eigenvalue weighted by Crippen LogP contribution is 2.32. The van der Waals surface area contributed by atoms with E-state index in [1.165, 1.54) is 22.3 Å². The first-order chi connectivity index (χ1) is 19.4. The van der Waals surface area contributed by atoms with Gasteiger partial charge in [-0.05, 0) is 27.8 Å². The van der Waals surface area contributed by atoms with E-state index in [9.17, 15) is 9.59 Å². The van der Waals surface area contributed by atoms with Gasteiger partial charge in [-0.15, -0.1) is 12.4 Å². The number of nitrogens with one attached hydrogen (secondary N) is 4. The van der Waals surface area contributed by atoms with Gasteiger partial charge in [0.2, 0.25) is 5.91 Å². The Balaban J connectivity index is 0.00000387. The fourth-order valence-corrected chi connectivity index (χ4v) is 5.40. The maximum Gasteiger partial charge on any atom is 0.410 e. The Morgan fingerprint density at radius 1 is 0.780 bits per heavy atom. The van der Waals surface area contributed by atoms with Crippen molar-refractivity contribution in [3.63, 3.8) is 0 Å². The number of carbonyl (C=O) groups is 2. The minimum Gasteiger partial charge on any atom is -0.465 e. The van der Waals surface area contributed by atoms with Crippen molar-refractivity contribution in [2.75, 3.05) is 6.54 Å². The molecule has 7 nitrogen and oxygen atoms in total. The SMILES string of the molecule is Cl.N=C(NC(=O)O)c1ccc(CNC(=O)C2(NCC(c3ccccc3)c3ccccc3)Cc3ccccc3C2)cc1. The summed E-state index contributed by atoms with van der Waals surface area (Å²) >= 11 is 0. The van der Waals surface area contributed by atoms with Crippen molar-refractivity contribution >= 4 is 30.2 Å². The van der Waals surface area contributed by atoms with E-state index in [2.05, 4.69) is 47.0 Å². The second kappa shape index (κ2) is 13.3. The summed E-state index contributed by atoms with van der Waals surface area (Å²) < 4.78 is 0. The Morgan fingerprint density at radius 3 is 1.80 bits per heavy atom. The number of amidine groups is 1. The summed E-state index contributed by atoms with van der Waals surface area (Å²) in [4.78, 5) is 24.7. The van der Waals surface area contributed by atoms with Crippen LogP contribution in [0, 0.1) is 5.41 Å². The summed E-state index contributed by atoms with van der Waals surface area (Å²) in [5, 5.41) is 25.6. The number of carbonyl (C=O) groups excluding carboxylic acids is 1. The summed E-state index contributed by atoms with van der Waals surface area (Å²) in [6.45, 7) is 0.919. The molecule has 41 heavy (non-hydrogen) atoms. The van der Waals surface area contributed by atoms with E-state index in [-0.39, 0.29) is 30.1 Å². The van der Waals surface area contributed by atoms with Crippen LogP contribution in [0.1, 0.15) is 39.3 Å². The maximum atomic E-state index is 13.9. The van der Waals surface area contributed by atoms with E-state index in [0.717, 1.165) is 5.56 Å². The molecule has 0 spiro atoms. The number of amides is 2. The van der Waals surface area contributed by atoms with Crippen LogP contribution in [-0.4, -0.2) is 35.0 Å². The van der Waals surface area contributed by atoms with Crippen LogP contribution in [-0.2, 0) is 24.2 Å². The second-order valence-corrected chi connectivity index (χ2v) is 10.1. The molecule has 5 N–H and O–H groups in total. The summed E-state index contributed by atoms with van der Waals surface area (Å²) in [7, 11) is 0. The van der Waals surface area contributed by atoms with Crippen LogP contribution in [0.5, 0.6) is 0 Å². The van der Waals surface area contributed by atoms with Crippen LogP contribution >= 0.6 is 12.4 Å². The minimum absolute atomic E-state index is 0. The highest BCUT2D eigenvalue weighted by Gasteiger charge is 2.43. The molecule has 0 radical (unpaired) electrons. The van der Waals surface area contributed by atoms with Crippen molar-refractivity contribution in [3.8, 4) is 0 Å². The molecule has 0 fully saturated rings. The summed E-state index contributed by atoms with van der Waals surface area (Å²) in [6, 6.07) is 35.9. The molecule has 8 heteroatoms. The third-order valence-corrected chi connectivity index (χ3v) is 7.51. The molecule has 210 valence electrons. The van der Waals surface area contributed by atoms with Gasteiger partial charge in [0.1, 0.15) is 11.4 Å². The van der Waals surface area contributed by atoms with Crippen LogP contribution in [0.3, 0.4) is 0 Å². The number of benzene rings is 4. The van der Waals surface area contributed by atoms with E-state index in [1.807, 2.05) is 53.8 Å². The van der Waals surface area contributed by atoms with Crippen LogP contribution in [0.25, 0.3) is 0 Å². The number of rotatable bonds is 9. The highest BCUT2D eigenvalue weighted by atomic mass is 35.5. The first-order valence-electron chi connectivity index (χ1n) is 13.3. The average Bonchev–Trinajstić information content (AvgIpc) is 3.37. The third-order valence-electron chi connectivity index (χ3n) is 7.51. The fourth-order valence-electron chi connectivity index (χ4n) is 5.40. The molecule has 4 aromatic rings. The molecule has 0 heterocycles. The van der Waals surface area contributed by atoms with Gasteiger partial charge in [0.25, 0.3) is 0 Å². The van der Waals surface area contributed by atoms with Crippen molar-refractivity contribution in [1.29, 1.82) is 5.41 Å². The molecule has 4 aromatic carbocycles. The van der Waals surface area contributed by atoms with Crippen LogP contribution in [0.4, 0.5) is 4.79 Å². The number of fused-ring (bicyclic) bond motifs is 1. The quantitative estimate of drug-likeness (QED) is 0.140. The van der Waals surface area contributed by atoms with Gasteiger partial charge >= 0.3 is 6.09 Å². The summed E-state index contributed by atoms with van der Waals surface area (Å²) in [5.74, 6) is -0.174. The molecule has 5 rings (SSSR count). The first-order valence-corrected chi connectivity index (χ1v) is 13.3. The molecule has 0 aliphatic heterocycles. The highest BCUT2D eigenvalue weighted by molar-refractivity contribution is 6.04. The lowest BCUT2D eigenvalue weighted by molar-refractivity contribution is -0.127. The normalized spacial score (nSPS) is 13.1. The monoisotopic (exact) mass is 568 g/mol. The molecule has 0 atom stereocenters. The lowest BCUT2D eigenvalue weighted by Gasteiger charge is -2.32. The Hall–Kier alpha value is -4.46. The molecule has 0 saturated carbocycles. The maximum absolute atomic E-state index is 13.9. The predicted molar refractivity (Wildman–Crippen MR) is 163 cm³/mol. The third kappa shape index (κ3) is 7.01. The zero-order valence-corrected chi connectivity index (χ0v) is 23.3. The molecule has 0 saturated heterocycles. The van der Waals surface area contributed by atoms with Gasteiger partial charge in [-0.1, -0.05) is 109 Å². The van der Waals surface area contributed by atoms with Gasteiger partial charge in [0, 0.05) is 37.4 Å². The molecule has 0 aromatic heterocycles. The molecule has 0 bridgehead atoms. The lowest BCUT2D eigenvalue weighted by Crippen LogP contribution is -2.58. The number of hydrogen-bond donors (Lipinski definition) is 5. The smallest absolute Gasteiger partial charge is 0.410 e. The first kappa shape index (κ1) is 29.5. The summed E-state index contributed by atoms with van der Waals surface area (Å²) in [5.41, 5.74) is 5.25. The van der Waals surface area contributed by atoms with E-state index < -0.39 is 11.6 Å². The van der Waals surface area contributed by atoms with E-state index >= 15 is 0 Å². The standard InChI is InChI=1S/C33H32N4O3.ClH/c34-30(37-32(39)40)26-17-15-23(16-18-26)21-35-31(38)33(19-27-13-7-8-14-28(27)20-33)36-22-29(24-9-3-1-4-10-24)25-11-5-2-6-12-25;/h1-18,29,36H,19-22H2,(H2,34,37)(H,35,38)(H,39,40);1H. The topological polar surface area (TPSA) is 114 Å². The Labute approximate surface area is 245 Å². The van der Waals surface area contributed by atoms with Crippen LogP contribution in [0.15, 0.2) is 109 Å². The fraction of sp³-hybridized carbons (Fsp3) is 0.182. The van der Waals surface area contributed by atoms with E-state index in [4.69, 9.17) is 10.5 Å². The van der Waals surface area contributed by atoms with Gasteiger partial charge in [0.15, 0.2) is 0 Å². The molecule has 2 amide bonds. The number of hydrogen-bond acceptors (Lipinski definition) is 4. The van der Waals surface area contributed by atoms with Gasteiger partial charge in [-0.3, -0.25) is 15.5 Å². The molecule has 0 unspecified atom stereocenters. The van der Waals surface area contributed by atoms with E-state index in [1.54, 1.807) is 24.3 Å². The van der Waals surface area contributed by atoms with Crippen molar-refractivity contribution in [1.82, 2.24) is 16.0 Å². The average molecular weight is 569 g/mol. The van der Waals surface area contributed by atoms with Crippen molar-refractivity contribution in [2.24, 2.45) is 0 Å². The van der Waals surface area contributed by atoms with Crippen LogP contribution < -0.4 is 16.0 Å². The van der Waals surface area contributed by atoms with Crippen molar-refractivity contribution in [3.05, 3.63) is 143 Å². The number of carboxylic acid groups (broad SMARTS) is 1. The predicted octanol–water partition coefficient (Wildman–Crippen LogP) is 5.28. The number of halogens is 1. The molecular weight excluding hydrogens is 536 g/mol.